The highest BCUT2D eigenvalue weighted by Gasteiger charge is 2.23. The zero-order chi connectivity index (χ0) is 15.2. The Balaban J connectivity index is 1.95. The third kappa shape index (κ3) is 4.21. The molecule has 21 heavy (non-hydrogen) atoms. The molecular weight excluding hydrogens is 262 g/mol. The van der Waals surface area contributed by atoms with Gasteiger partial charge < -0.3 is 11.1 Å². The van der Waals surface area contributed by atoms with Crippen LogP contribution in [0, 0.1) is 6.92 Å². The van der Waals surface area contributed by atoms with Crippen LogP contribution >= 0.6 is 0 Å². The number of amides is 1. The lowest BCUT2D eigenvalue weighted by Crippen LogP contribution is -2.43. The van der Waals surface area contributed by atoms with Gasteiger partial charge in [0.2, 0.25) is 5.91 Å². The molecule has 0 spiro atoms. The highest BCUT2D eigenvalue weighted by Crippen LogP contribution is 2.22. The lowest BCUT2D eigenvalue weighted by Gasteiger charge is -2.35. The van der Waals surface area contributed by atoms with Gasteiger partial charge in [0.25, 0.3) is 0 Å². The van der Waals surface area contributed by atoms with Crippen molar-refractivity contribution < 1.29 is 4.79 Å². The molecule has 1 atom stereocenters. The van der Waals surface area contributed by atoms with Crippen molar-refractivity contribution in [3.8, 4) is 0 Å². The van der Waals surface area contributed by atoms with E-state index in [1.165, 1.54) is 32.1 Å². The van der Waals surface area contributed by atoms with Gasteiger partial charge in [-0.1, -0.05) is 25.8 Å². The Hall–Kier alpha value is -1.55. The molecule has 3 N–H and O–H groups in total. The van der Waals surface area contributed by atoms with E-state index >= 15 is 0 Å². The summed E-state index contributed by atoms with van der Waals surface area (Å²) in [6, 6.07) is 6.20. The fraction of sp³-hybridized carbons (Fsp3) is 0.588. The molecule has 1 aliphatic heterocycles. The number of carbonyl (C=O) groups excluding carboxylic acids is 1. The first-order valence-corrected chi connectivity index (χ1v) is 8.00. The third-order valence-corrected chi connectivity index (χ3v) is 4.37. The number of hydrogen-bond donors (Lipinski definition) is 2. The van der Waals surface area contributed by atoms with E-state index in [1.54, 1.807) is 0 Å². The van der Waals surface area contributed by atoms with Crippen molar-refractivity contribution in [2.75, 3.05) is 24.1 Å². The zero-order valence-corrected chi connectivity index (χ0v) is 13.2. The summed E-state index contributed by atoms with van der Waals surface area (Å²) < 4.78 is 0. The molecule has 1 aliphatic rings. The Kier molecular flexibility index (Phi) is 5.62. The first-order valence-electron chi connectivity index (χ1n) is 8.00. The van der Waals surface area contributed by atoms with Gasteiger partial charge in [-0.25, -0.2) is 0 Å². The summed E-state index contributed by atoms with van der Waals surface area (Å²) in [6.07, 6.45) is 6.07. The largest absolute Gasteiger partial charge is 0.398 e. The van der Waals surface area contributed by atoms with E-state index in [-0.39, 0.29) is 5.91 Å². The number of benzene rings is 1. The van der Waals surface area contributed by atoms with Crippen LogP contribution in [0.2, 0.25) is 0 Å². The summed E-state index contributed by atoms with van der Waals surface area (Å²) in [4.78, 5) is 14.6. The Morgan fingerprint density at radius 1 is 1.43 bits per heavy atom. The number of rotatable bonds is 5. The monoisotopic (exact) mass is 289 g/mol. The van der Waals surface area contributed by atoms with E-state index in [9.17, 15) is 4.79 Å². The molecule has 2 rings (SSSR count). The number of nitrogen functional groups attached to an aromatic ring is 1. The number of nitrogens with zero attached hydrogens (tertiary/aromatic N) is 1. The van der Waals surface area contributed by atoms with Crippen molar-refractivity contribution >= 4 is 17.3 Å². The summed E-state index contributed by atoms with van der Waals surface area (Å²) >= 11 is 0. The fourth-order valence-corrected chi connectivity index (χ4v) is 3.09. The van der Waals surface area contributed by atoms with Crippen molar-refractivity contribution in [2.24, 2.45) is 0 Å². The normalized spacial score (nSPS) is 19.4. The van der Waals surface area contributed by atoms with Gasteiger partial charge in [-0.05, 0) is 50.4 Å². The van der Waals surface area contributed by atoms with E-state index in [1.807, 2.05) is 25.1 Å². The topological polar surface area (TPSA) is 58.4 Å². The third-order valence-electron chi connectivity index (χ3n) is 4.37. The summed E-state index contributed by atoms with van der Waals surface area (Å²) in [5.74, 6) is 0.0618. The molecule has 1 fully saturated rings. The zero-order valence-electron chi connectivity index (χ0n) is 13.2. The quantitative estimate of drug-likeness (QED) is 0.819. The van der Waals surface area contributed by atoms with Crippen LogP contribution in [-0.2, 0) is 4.79 Å². The van der Waals surface area contributed by atoms with E-state index < -0.39 is 0 Å². The van der Waals surface area contributed by atoms with Gasteiger partial charge in [-0.2, -0.15) is 0 Å². The van der Waals surface area contributed by atoms with Crippen molar-refractivity contribution in [2.45, 2.75) is 52.0 Å². The molecule has 1 amide bonds. The number of nitrogens with two attached hydrogens (primary N) is 1. The summed E-state index contributed by atoms with van der Waals surface area (Å²) in [5.41, 5.74) is 8.36. The Bertz CT molecular complexity index is 485. The van der Waals surface area contributed by atoms with Crippen LogP contribution in [0.5, 0.6) is 0 Å². The van der Waals surface area contributed by atoms with Crippen LogP contribution in [0.15, 0.2) is 18.2 Å². The van der Waals surface area contributed by atoms with Crippen molar-refractivity contribution in [3.63, 3.8) is 0 Å². The lowest BCUT2D eigenvalue weighted by molar-refractivity contribution is -0.118. The Labute approximate surface area is 127 Å². The van der Waals surface area contributed by atoms with Crippen molar-refractivity contribution in [3.05, 3.63) is 23.8 Å². The second-order valence-corrected chi connectivity index (χ2v) is 5.98. The second kappa shape index (κ2) is 7.46. The molecular formula is C17H27N3O. The molecule has 4 nitrogen and oxygen atoms in total. The highest BCUT2D eigenvalue weighted by atomic mass is 16.2. The lowest BCUT2D eigenvalue weighted by atomic mass is 9.98. The molecule has 4 heteroatoms. The standard InChI is InChI=1S/C17H27N3O/c1-3-7-14-8-4-5-11-20(14)12-17(21)19-16-10-6-9-15(18)13(16)2/h6,9-10,14H,3-5,7-8,11-12,18H2,1-2H3,(H,19,21). The van der Waals surface area contributed by atoms with Crippen LogP contribution < -0.4 is 11.1 Å². The summed E-state index contributed by atoms with van der Waals surface area (Å²) in [6.45, 7) is 5.67. The molecule has 1 aromatic carbocycles. The highest BCUT2D eigenvalue weighted by molar-refractivity contribution is 5.93. The second-order valence-electron chi connectivity index (χ2n) is 5.98. The molecule has 1 heterocycles. The van der Waals surface area contributed by atoms with Gasteiger partial charge in [-0.3, -0.25) is 9.69 Å². The van der Waals surface area contributed by atoms with Gasteiger partial charge in [-0.15, -0.1) is 0 Å². The molecule has 0 aliphatic carbocycles. The maximum absolute atomic E-state index is 12.3. The first-order chi connectivity index (χ1) is 10.1. The maximum atomic E-state index is 12.3. The van der Waals surface area contributed by atoms with E-state index in [2.05, 4.69) is 17.1 Å². The van der Waals surface area contributed by atoms with Gasteiger partial charge in [0.1, 0.15) is 0 Å². The molecule has 1 saturated heterocycles. The molecule has 1 unspecified atom stereocenters. The average Bonchev–Trinajstić information content (AvgIpc) is 2.46. The predicted molar refractivity (Wildman–Crippen MR) is 88.3 cm³/mol. The number of nitrogens with one attached hydrogen (secondary N) is 1. The van der Waals surface area contributed by atoms with Crippen molar-refractivity contribution in [1.82, 2.24) is 4.90 Å². The van der Waals surface area contributed by atoms with E-state index in [4.69, 9.17) is 5.73 Å². The van der Waals surface area contributed by atoms with Crippen LogP contribution in [0.25, 0.3) is 0 Å². The van der Waals surface area contributed by atoms with Crippen LogP contribution in [0.1, 0.15) is 44.6 Å². The van der Waals surface area contributed by atoms with Crippen LogP contribution in [-0.4, -0.2) is 29.9 Å². The minimum absolute atomic E-state index is 0.0618. The fourth-order valence-electron chi connectivity index (χ4n) is 3.09. The Morgan fingerprint density at radius 2 is 2.24 bits per heavy atom. The van der Waals surface area contributed by atoms with E-state index in [0.29, 0.717) is 12.6 Å². The molecule has 116 valence electrons. The van der Waals surface area contributed by atoms with Crippen LogP contribution in [0.4, 0.5) is 11.4 Å². The molecule has 0 bridgehead atoms. The molecule has 0 radical (unpaired) electrons. The van der Waals surface area contributed by atoms with Gasteiger partial charge in [0, 0.05) is 17.4 Å². The first kappa shape index (κ1) is 15.8. The van der Waals surface area contributed by atoms with Crippen molar-refractivity contribution in [1.29, 1.82) is 0 Å². The minimum atomic E-state index is 0.0618. The van der Waals surface area contributed by atoms with Gasteiger partial charge in [0.15, 0.2) is 0 Å². The van der Waals surface area contributed by atoms with Crippen LogP contribution in [0.3, 0.4) is 0 Å². The van der Waals surface area contributed by atoms with E-state index in [0.717, 1.165) is 23.5 Å². The number of carbonyl (C=O) groups is 1. The summed E-state index contributed by atoms with van der Waals surface area (Å²) in [7, 11) is 0. The molecule has 0 aromatic heterocycles. The number of hydrogen-bond acceptors (Lipinski definition) is 3. The SMILES string of the molecule is CCCC1CCCCN1CC(=O)Nc1cccc(N)c1C. The molecule has 1 aromatic rings. The predicted octanol–water partition coefficient (Wildman–Crippen LogP) is 3.17. The van der Waals surface area contributed by atoms with Gasteiger partial charge >= 0.3 is 0 Å². The Morgan fingerprint density at radius 3 is 3.00 bits per heavy atom. The average molecular weight is 289 g/mol. The summed E-state index contributed by atoms with van der Waals surface area (Å²) in [5, 5.41) is 3.00. The minimum Gasteiger partial charge on any atom is -0.398 e. The number of anilines is 2. The maximum Gasteiger partial charge on any atom is 0.238 e. The number of piperidine rings is 1. The van der Waals surface area contributed by atoms with Gasteiger partial charge in [0.05, 0.1) is 6.54 Å². The smallest absolute Gasteiger partial charge is 0.238 e. The number of likely N-dealkylation sites (tertiary alicyclic amines) is 1. The molecule has 0 saturated carbocycles.